The average molecular weight is 496 g/mol. The first-order valence-corrected chi connectivity index (χ1v) is 12.1. The zero-order chi connectivity index (χ0) is 25.9. The van der Waals surface area contributed by atoms with Gasteiger partial charge in [-0.1, -0.05) is 54.6 Å². The van der Waals surface area contributed by atoms with E-state index in [1.54, 1.807) is 12.1 Å². The van der Waals surface area contributed by atoms with Gasteiger partial charge in [-0.2, -0.15) is 0 Å². The van der Waals surface area contributed by atoms with Crippen molar-refractivity contribution >= 4 is 27.7 Å². The lowest BCUT2D eigenvalue weighted by Gasteiger charge is -2.18. The number of hydrogen-bond acceptors (Lipinski definition) is 5. The monoisotopic (exact) mass is 495 g/mol. The van der Waals surface area contributed by atoms with Crippen LogP contribution in [0.15, 0.2) is 78.9 Å². The molecule has 5 rings (SSSR count). The molecule has 0 radical (unpaired) electrons. The summed E-state index contributed by atoms with van der Waals surface area (Å²) in [7, 11) is 4.58. The van der Waals surface area contributed by atoms with Crippen molar-refractivity contribution in [1.82, 2.24) is 14.9 Å². The number of amides is 1. The molecule has 5 aromatic rings. The number of nitrogens with one attached hydrogen (secondary N) is 1. The Morgan fingerprint density at radius 2 is 1.57 bits per heavy atom. The number of ether oxygens (including phenoxy) is 3. The highest BCUT2D eigenvalue weighted by Crippen LogP contribution is 2.38. The summed E-state index contributed by atoms with van der Waals surface area (Å²) in [6.07, 6.45) is 0. The molecule has 1 aromatic heterocycles. The minimum Gasteiger partial charge on any atom is -0.493 e. The van der Waals surface area contributed by atoms with Crippen LogP contribution < -0.4 is 19.5 Å². The molecule has 0 saturated carbocycles. The molecule has 0 spiro atoms. The minimum absolute atomic E-state index is 0.268. The molecule has 7 heteroatoms. The zero-order valence-corrected chi connectivity index (χ0v) is 21.3. The first-order chi connectivity index (χ1) is 18.0. The van der Waals surface area contributed by atoms with Crippen LogP contribution in [0.2, 0.25) is 0 Å². The second-order valence-electron chi connectivity index (χ2n) is 8.79. The highest BCUT2D eigenvalue weighted by molar-refractivity contribution is 5.96. The van der Waals surface area contributed by atoms with E-state index < -0.39 is 0 Å². The molecule has 188 valence electrons. The largest absolute Gasteiger partial charge is 0.493 e. The lowest BCUT2D eigenvalue weighted by atomic mass is 10.0. The number of fused-ring (bicyclic) bond motifs is 2. The van der Waals surface area contributed by atoms with Gasteiger partial charge in [0.05, 0.1) is 44.9 Å². The van der Waals surface area contributed by atoms with Gasteiger partial charge < -0.3 is 24.1 Å². The normalized spacial score (nSPS) is 11.9. The first-order valence-electron chi connectivity index (χ1n) is 12.1. The van der Waals surface area contributed by atoms with Crippen LogP contribution >= 0.6 is 0 Å². The summed E-state index contributed by atoms with van der Waals surface area (Å²) in [5, 5.41) is 5.49. The molecule has 1 N–H and O–H groups in total. The number of nitrogens with zero attached hydrogens (tertiary/aromatic N) is 2. The fourth-order valence-electron chi connectivity index (χ4n) is 4.75. The number of aromatic nitrogens is 2. The van der Waals surface area contributed by atoms with E-state index in [2.05, 4.69) is 52.3 Å². The third-order valence-corrected chi connectivity index (χ3v) is 6.55. The van der Waals surface area contributed by atoms with E-state index in [1.807, 2.05) is 31.2 Å². The van der Waals surface area contributed by atoms with Crippen LogP contribution in [0.5, 0.6) is 17.2 Å². The smallest absolute Gasteiger partial charge is 0.252 e. The number of hydrogen-bond donors (Lipinski definition) is 1. The fourth-order valence-corrected chi connectivity index (χ4v) is 4.75. The van der Waals surface area contributed by atoms with Crippen molar-refractivity contribution < 1.29 is 19.0 Å². The van der Waals surface area contributed by atoms with Crippen LogP contribution in [-0.2, 0) is 6.54 Å². The van der Waals surface area contributed by atoms with Crippen LogP contribution in [0, 0.1) is 0 Å². The molecule has 1 unspecified atom stereocenters. The summed E-state index contributed by atoms with van der Waals surface area (Å²) >= 11 is 0. The van der Waals surface area contributed by atoms with Crippen molar-refractivity contribution in [2.45, 2.75) is 19.5 Å². The van der Waals surface area contributed by atoms with Gasteiger partial charge in [0, 0.05) is 5.56 Å². The molecule has 37 heavy (non-hydrogen) atoms. The summed E-state index contributed by atoms with van der Waals surface area (Å²) in [6.45, 7) is 2.57. The van der Waals surface area contributed by atoms with Gasteiger partial charge in [-0.25, -0.2) is 4.98 Å². The summed E-state index contributed by atoms with van der Waals surface area (Å²) < 4.78 is 18.4. The number of imidazole rings is 1. The molecular formula is C30H29N3O4. The van der Waals surface area contributed by atoms with Gasteiger partial charge in [0.25, 0.3) is 5.91 Å². The lowest BCUT2D eigenvalue weighted by Crippen LogP contribution is -2.29. The molecule has 0 fully saturated rings. The minimum atomic E-state index is -0.367. The van der Waals surface area contributed by atoms with Crippen LogP contribution in [-0.4, -0.2) is 36.8 Å². The Bertz CT molecular complexity index is 1560. The fraction of sp³-hybridized carbons (Fsp3) is 0.200. The van der Waals surface area contributed by atoms with E-state index in [0.717, 1.165) is 16.9 Å². The Labute approximate surface area is 215 Å². The first kappa shape index (κ1) is 24.2. The predicted molar refractivity (Wildman–Crippen MR) is 145 cm³/mol. The van der Waals surface area contributed by atoms with Crippen molar-refractivity contribution in [2.75, 3.05) is 21.3 Å². The van der Waals surface area contributed by atoms with Crippen molar-refractivity contribution in [3.05, 3.63) is 95.8 Å². The van der Waals surface area contributed by atoms with E-state index in [1.165, 1.54) is 37.7 Å². The molecule has 1 amide bonds. The standard InChI is InChI=1S/C30H29N3O4/c1-19(31-30(34)22-16-26(35-2)28(37-4)27(17-22)36-3)29-32-24-14-7-8-15-25(24)33(29)18-21-12-9-11-20-10-5-6-13-23(20)21/h5-17,19H,18H2,1-4H3,(H,31,34). The Balaban J connectivity index is 1.51. The zero-order valence-electron chi connectivity index (χ0n) is 21.3. The highest BCUT2D eigenvalue weighted by Gasteiger charge is 2.22. The number of methoxy groups -OCH3 is 3. The third-order valence-electron chi connectivity index (χ3n) is 6.55. The van der Waals surface area contributed by atoms with Gasteiger partial charge >= 0.3 is 0 Å². The van der Waals surface area contributed by atoms with Crippen LogP contribution in [0.4, 0.5) is 0 Å². The summed E-state index contributed by atoms with van der Waals surface area (Å²) in [5.74, 6) is 1.78. The predicted octanol–water partition coefficient (Wildman–Crippen LogP) is 5.75. The molecular weight excluding hydrogens is 466 g/mol. The maximum Gasteiger partial charge on any atom is 0.252 e. The van der Waals surface area contributed by atoms with Crippen LogP contribution in [0.25, 0.3) is 21.8 Å². The summed E-state index contributed by atoms with van der Waals surface area (Å²) in [6, 6.07) is 25.6. The third kappa shape index (κ3) is 4.56. The van der Waals surface area contributed by atoms with Crippen molar-refractivity contribution in [3.63, 3.8) is 0 Å². The molecule has 0 aliphatic carbocycles. The average Bonchev–Trinajstić information content (AvgIpc) is 3.30. The Hall–Kier alpha value is -4.52. The topological polar surface area (TPSA) is 74.6 Å². The van der Waals surface area contributed by atoms with Gasteiger partial charge in [0.15, 0.2) is 11.5 Å². The second-order valence-corrected chi connectivity index (χ2v) is 8.79. The van der Waals surface area contributed by atoms with Gasteiger partial charge in [-0.3, -0.25) is 4.79 Å². The molecule has 0 bridgehead atoms. The molecule has 1 heterocycles. The Morgan fingerprint density at radius 1 is 0.892 bits per heavy atom. The van der Waals surface area contributed by atoms with Crippen molar-refractivity contribution in [1.29, 1.82) is 0 Å². The van der Waals surface area contributed by atoms with E-state index >= 15 is 0 Å². The second kappa shape index (κ2) is 10.2. The van der Waals surface area contributed by atoms with E-state index in [-0.39, 0.29) is 11.9 Å². The number of carbonyl (C=O) groups excluding carboxylic acids is 1. The maximum atomic E-state index is 13.3. The Kier molecular flexibility index (Phi) is 6.68. The molecule has 7 nitrogen and oxygen atoms in total. The van der Waals surface area contributed by atoms with Gasteiger partial charge in [-0.05, 0) is 47.5 Å². The SMILES string of the molecule is COc1cc(C(=O)NC(C)c2nc3ccccc3n2Cc2cccc3ccccc23)cc(OC)c1OC. The maximum absolute atomic E-state index is 13.3. The number of rotatable bonds is 8. The molecule has 1 atom stereocenters. The summed E-state index contributed by atoms with van der Waals surface area (Å²) in [4.78, 5) is 18.2. The molecule has 0 aliphatic heterocycles. The summed E-state index contributed by atoms with van der Waals surface area (Å²) in [5.41, 5.74) is 3.48. The molecule has 0 saturated heterocycles. The van der Waals surface area contributed by atoms with E-state index in [0.29, 0.717) is 29.4 Å². The van der Waals surface area contributed by atoms with Crippen molar-refractivity contribution in [3.8, 4) is 17.2 Å². The van der Waals surface area contributed by atoms with E-state index in [9.17, 15) is 4.79 Å². The quantitative estimate of drug-likeness (QED) is 0.297. The Morgan fingerprint density at radius 3 is 2.30 bits per heavy atom. The van der Waals surface area contributed by atoms with Gasteiger partial charge in [0.1, 0.15) is 5.82 Å². The highest BCUT2D eigenvalue weighted by atomic mass is 16.5. The number of carbonyl (C=O) groups is 1. The van der Waals surface area contributed by atoms with Gasteiger partial charge in [0.2, 0.25) is 5.75 Å². The van der Waals surface area contributed by atoms with Gasteiger partial charge in [-0.15, -0.1) is 0 Å². The van der Waals surface area contributed by atoms with E-state index in [4.69, 9.17) is 19.2 Å². The number of para-hydroxylation sites is 2. The van der Waals surface area contributed by atoms with Crippen LogP contribution in [0.1, 0.15) is 34.7 Å². The van der Waals surface area contributed by atoms with Crippen LogP contribution in [0.3, 0.4) is 0 Å². The molecule has 4 aromatic carbocycles. The lowest BCUT2D eigenvalue weighted by molar-refractivity contribution is 0.0937. The molecule has 0 aliphatic rings. The van der Waals surface area contributed by atoms with Crippen molar-refractivity contribution in [2.24, 2.45) is 0 Å². The number of benzene rings is 4.